The monoisotopic (exact) mass is 478 g/mol. The smallest absolute Gasteiger partial charge is 0.252 e. The molecule has 182 valence electrons. The second-order valence-electron chi connectivity index (χ2n) is 10.1. The van der Waals surface area contributed by atoms with Crippen LogP contribution in [-0.2, 0) is 5.54 Å². The molecular weight excluding hydrogens is 448 g/mol. The number of carbonyl (C=O) groups excluding carboxylic acids is 1. The van der Waals surface area contributed by atoms with Crippen LogP contribution in [0.15, 0.2) is 73.2 Å². The lowest BCUT2D eigenvalue weighted by Crippen LogP contribution is -2.48. The van der Waals surface area contributed by atoms with Crippen LogP contribution in [0.5, 0.6) is 5.75 Å². The second kappa shape index (κ2) is 9.03. The lowest BCUT2D eigenvalue weighted by atomic mass is 9.93. The van der Waals surface area contributed by atoms with Crippen LogP contribution in [0.2, 0.25) is 0 Å². The summed E-state index contributed by atoms with van der Waals surface area (Å²) < 4.78 is 6.04. The molecule has 1 saturated carbocycles. The van der Waals surface area contributed by atoms with E-state index in [1.165, 1.54) is 0 Å². The van der Waals surface area contributed by atoms with Crippen LogP contribution in [-0.4, -0.2) is 47.0 Å². The third kappa shape index (κ3) is 4.22. The fraction of sp³-hybridized carbons (Fsp3) is 0.300. The quantitative estimate of drug-likeness (QED) is 0.400. The zero-order valence-corrected chi connectivity index (χ0v) is 20.7. The number of pyridine rings is 2. The summed E-state index contributed by atoms with van der Waals surface area (Å²) in [6, 6.07) is 18.6. The molecule has 1 aliphatic carbocycles. The zero-order valence-electron chi connectivity index (χ0n) is 20.7. The van der Waals surface area contributed by atoms with Crippen LogP contribution in [0.3, 0.4) is 0 Å². The van der Waals surface area contributed by atoms with Gasteiger partial charge in [0.05, 0.1) is 11.1 Å². The molecule has 2 aromatic heterocycles. The number of likely N-dealkylation sites (N-methyl/N-ethyl adjacent to an activating group) is 1. The number of carbonyl (C=O) groups is 1. The fourth-order valence-electron chi connectivity index (χ4n) is 5.06. The Morgan fingerprint density at radius 1 is 1.11 bits per heavy atom. The number of hydrogen-bond donors (Lipinski definition) is 1. The Kier molecular flexibility index (Phi) is 5.69. The van der Waals surface area contributed by atoms with Gasteiger partial charge in [-0.3, -0.25) is 19.7 Å². The highest BCUT2D eigenvalue weighted by Gasteiger charge is 2.47. The van der Waals surface area contributed by atoms with E-state index in [1.54, 1.807) is 6.20 Å². The van der Waals surface area contributed by atoms with Gasteiger partial charge in [-0.25, -0.2) is 0 Å². The Bertz CT molecular complexity index is 1430. The molecule has 2 fully saturated rings. The summed E-state index contributed by atoms with van der Waals surface area (Å²) in [4.78, 5) is 24.8. The molecule has 36 heavy (non-hydrogen) atoms. The van der Waals surface area contributed by atoms with Gasteiger partial charge in [0.2, 0.25) is 0 Å². The van der Waals surface area contributed by atoms with Crippen molar-refractivity contribution < 1.29 is 9.53 Å². The van der Waals surface area contributed by atoms with Gasteiger partial charge in [0, 0.05) is 41.1 Å². The van der Waals surface area contributed by atoms with Crippen LogP contribution in [0.1, 0.15) is 40.7 Å². The predicted molar refractivity (Wildman–Crippen MR) is 141 cm³/mol. The van der Waals surface area contributed by atoms with E-state index in [2.05, 4.69) is 51.5 Å². The Morgan fingerprint density at radius 3 is 2.69 bits per heavy atom. The molecule has 2 aromatic carbocycles. The highest BCUT2D eigenvalue weighted by Crippen LogP contribution is 2.49. The number of nitrogens with one attached hydrogen (secondary N) is 1. The van der Waals surface area contributed by atoms with Gasteiger partial charge < -0.3 is 10.1 Å². The molecule has 3 heterocycles. The van der Waals surface area contributed by atoms with Crippen molar-refractivity contribution in [1.29, 1.82) is 0 Å². The summed E-state index contributed by atoms with van der Waals surface area (Å²) in [7, 11) is 2.11. The highest BCUT2D eigenvalue weighted by atomic mass is 16.5. The Hall–Kier alpha value is -3.77. The molecule has 1 saturated heterocycles. The predicted octanol–water partition coefficient (Wildman–Crippen LogP) is 5.11. The first kappa shape index (κ1) is 22.7. The fourth-order valence-corrected chi connectivity index (χ4v) is 5.06. The molecule has 1 aliphatic heterocycles. The van der Waals surface area contributed by atoms with Crippen LogP contribution in [0, 0.1) is 6.92 Å². The minimum absolute atomic E-state index is 0.0694. The number of hydrogen-bond acceptors (Lipinski definition) is 5. The van der Waals surface area contributed by atoms with Gasteiger partial charge in [-0.1, -0.05) is 18.2 Å². The number of rotatable bonds is 7. The van der Waals surface area contributed by atoms with E-state index in [9.17, 15) is 4.79 Å². The second-order valence-corrected chi connectivity index (χ2v) is 10.1. The number of aromatic nitrogens is 2. The molecule has 1 N–H and O–H groups in total. The number of nitrogens with zero attached hydrogens (tertiary/aromatic N) is 3. The number of aryl methyl sites for hydroxylation is 1. The van der Waals surface area contributed by atoms with Gasteiger partial charge in [-0.2, -0.15) is 0 Å². The molecule has 1 amide bonds. The van der Waals surface area contributed by atoms with E-state index in [1.807, 2.05) is 49.6 Å². The maximum Gasteiger partial charge on any atom is 0.252 e. The third-order valence-corrected chi connectivity index (χ3v) is 7.67. The van der Waals surface area contributed by atoms with Crippen LogP contribution < -0.4 is 10.1 Å². The SMILES string of the molecule is Cc1ccc(OCC2CCN2C)cc1C(=O)NC1(c2cc(-c3cccnc3)cc3ncccc23)CC1. The van der Waals surface area contributed by atoms with Gasteiger partial charge in [0.25, 0.3) is 5.91 Å². The molecule has 6 heteroatoms. The zero-order chi connectivity index (χ0) is 24.7. The summed E-state index contributed by atoms with van der Waals surface area (Å²) in [6.07, 6.45) is 8.39. The Morgan fingerprint density at radius 2 is 1.97 bits per heavy atom. The Balaban J connectivity index is 1.30. The van der Waals surface area contributed by atoms with Crippen LogP contribution in [0.4, 0.5) is 0 Å². The molecule has 0 spiro atoms. The molecular formula is C30H30N4O2. The number of ether oxygens (including phenoxy) is 1. The lowest BCUT2D eigenvalue weighted by molar-refractivity contribution is 0.0767. The van der Waals surface area contributed by atoms with Gasteiger partial charge in [0.1, 0.15) is 12.4 Å². The number of fused-ring (bicyclic) bond motifs is 1. The Labute approximate surface area is 211 Å². The maximum atomic E-state index is 13.6. The van der Waals surface area contributed by atoms with Gasteiger partial charge >= 0.3 is 0 Å². The average Bonchev–Trinajstić information content (AvgIpc) is 3.68. The number of benzene rings is 2. The first-order chi connectivity index (χ1) is 17.5. The van der Waals surface area contributed by atoms with Crippen molar-refractivity contribution in [3.05, 3.63) is 89.9 Å². The molecule has 1 atom stereocenters. The van der Waals surface area contributed by atoms with E-state index >= 15 is 0 Å². The largest absolute Gasteiger partial charge is 0.492 e. The minimum Gasteiger partial charge on any atom is -0.492 e. The van der Waals surface area contributed by atoms with E-state index in [4.69, 9.17) is 4.74 Å². The molecule has 6 nitrogen and oxygen atoms in total. The molecule has 4 aromatic rings. The normalized spacial score (nSPS) is 18.4. The molecule has 1 unspecified atom stereocenters. The van der Waals surface area contributed by atoms with E-state index in [-0.39, 0.29) is 5.91 Å². The molecule has 6 rings (SSSR count). The van der Waals surface area contributed by atoms with Gasteiger partial charge in [-0.15, -0.1) is 0 Å². The summed E-state index contributed by atoms with van der Waals surface area (Å²) >= 11 is 0. The van der Waals surface area contributed by atoms with Gasteiger partial charge in [0.15, 0.2) is 0 Å². The summed E-state index contributed by atoms with van der Waals surface area (Å²) in [6.45, 7) is 3.73. The van der Waals surface area contributed by atoms with Gasteiger partial charge in [-0.05, 0) is 92.9 Å². The summed E-state index contributed by atoms with van der Waals surface area (Å²) in [5.41, 5.74) is 5.30. The third-order valence-electron chi connectivity index (χ3n) is 7.67. The van der Waals surface area contributed by atoms with Crippen LogP contribution in [0.25, 0.3) is 22.0 Å². The molecule has 2 aliphatic rings. The lowest BCUT2D eigenvalue weighted by Gasteiger charge is -2.37. The standard InChI is InChI=1S/C30H30N4O2/c1-20-7-8-24(36-19-23-9-14-34(23)2)17-26(20)29(35)33-30(10-11-30)27-15-22(21-5-3-12-31-18-21)16-28-25(27)6-4-13-32-28/h3-8,12-13,15-18,23H,9-11,14,19H2,1-2H3,(H,33,35). The highest BCUT2D eigenvalue weighted by molar-refractivity contribution is 5.98. The number of likely N-dealkylation sites (tertiary alicyclic amines) is 1. The summed E-state index contributed by atoms with van der Waals surface area (Å²) in [5.74, 6) is 0.671. The first-order valence-electron chi connectivity index (χ1n) is 12.6. The van der Waals surface area contributed by atoms with Crippen molar-refractivity contribution in [3.63, 3.8) is 0 Å². The van der Waals surface area contributed by atoms with Crippen molar-refractivity contribution in [1.82, 2.24) is 20.2 Å². The summed E-state index contributed by atoms with van der Waals surface area (Å²) in [5, 5.41) is 4.46. The van der Waals surface area contributed by atoms with E-state index in [0.29, 0.717) is 18.2 Å². The average molecular weight is 479 g/mol. The van der Waals surface area contributed by atoms with Crippen molar-refractivity contribution >= 4 is 16.8 Å². The maximum absolute atomic E-state index is 13.6. The van der Waals surface area contributed by atoms with Crippen molar-refractivity contribution in [2.24, 2.45) is 0 Å². The topological polar surface area (TPSA) is 67.3 Å². The molecule has 0 bridgehead atoms. The number of amides is 1. The molecule has 0 radical (unpaired) electrons. The van der Waals surface area contributed by atoms with Crippen molar-refractivity contribution in [2.45, 2.75) is 37.8 Å². The van der Waals surface area contributed by atoms with E-state index in [0.717, 1.165) is 64.7 Å². The van der Waals surface area contributed by atoms with Crippen molar-refractivity contribution in [3.8, 4) is 16.9 Å². The van der Waals surface area contributed by atoms with Crippen molar-refractivity contribution in [2.75, 3.05) is 20.2 Å². The van der Waals surface area contributed by atoms with Crippen LogP contribution >= 0.6 is 0 Å². The first-order valence-corrected chi connectivity index (χ1v) is 12.6. The van der Waals surface area contributed by atoms with E-state index < -0.39 is 5.54 Å². The minimum atomic E-state index is -0.408.